The molecule has 120 valence electrons. The summed E-state index contributed by atoms with van der Waals surface area (Å²) in [7, 11) is 1.94. The predicted octanol–water partition coefficient (Wildman–Crippen LogP) is 3.79. The highest BCUT2D eigenvalue weighted by molar-refractivity contribution is 6.00. The number of likely N-dealkylation sites (tertiary alicyclic amines) is 1. The number of aromatic hydroxyl groups is 1. The van der Waals surface area contributed by atoms with E-state index in [0.717, 1.165) is 42.9 Å². The van der Waals surface area contributed by atoms with Crippen LogP contribution in [0, 0.1) is 0 Å². The van der Waals surface area contributed by atoms with Gasteiger partial charge >= 0.3 is 0 Å². The van der Waals surface area contributed by atoms with Crippen molar-refractivity contribution in [3.8, 4) is 5.75 Å². The van der Waals surface area contributed by atoms with Crippen LogP contribution in [0.5, 0.6) is 5.75 Å². The minimum Gasteiger partial charge on any atom is -0.508 e. The van der Waals surface area contributed by atoms with Crippen molar-refractivity contribution < 1.29 is 9.90 Å². The standard InChI is InChI=1S/C19H22N2O2/c1-20(15-9-11-16(22)12-10-15)18-8-4-3-7-17(18)19(23)21-13-5-2-6-14-21/h3-4,7-12,22H,2,5-6,13-14H2,1H3. The van der Waals surface area contributed by atoms with Crippen molar-refractivity contribution in [3.05, 3.63) is 54.1 Å². The summed E-state index contributed by atoms with van der Waals surface area (Å²) in [5.74, 6) is 0.339. The lowest BCUT2D eigenvalue weighted by Crippen LogP contribution is -2.36. The molecule has 1 saturated heterocycles. The summed E-state index contributed by atoms with van der Waals surface area (Å²) in [5, 5.41) is 9.44. The van der Waals surface area contributed by atoms with E-state index in [4.69, 9.17) is 0 Å². The fourth-order valence-electron chi connectivity index (χ4n) is 3.03. The number of carbonyl (C=O) groups excluding carboxylic acids is 1. The van der Waals surface area contributed by atoms with Crippen LogP contribution in [0.15, 0.2) is 48.5 Å². The van der Waals surface area contributed by atoms with Gasteiger partial charge in [0.2, 0.25) is 0 Å². The molecule has 0 aliphatic carbocycles. The Morgan fingerprint density at radius 3 is 2.35 bits per heavy atom. The zero-order chi connectivity index (χ0) is 16.2. The maximum Gasteiger partial charge on any atom is 0.255 e. The number of anilines is 2. The van der Waals surface area contributed by atoms with Crippen molar-refractivity contribution >= 4 is 17.3 Å². The van der Waals surface area contributed by atoms with E-state index >= 15 is 0 Å². The Morgan fingerprint density at radius 1 is 1.00 bits per heavy atom. The maximum atomic E-state index is 12.9. The molecular formula is C19H22N2O2. The lowest BCUT2D eigenvalue weighted by Gasteiger charge is -2.29. The van der Waals surface area contributed by atoms with Crippen molar-refractivity contribution in [2.24, 2.45) is 0 Å². The summed E-state index contributed by atoms with van der Waals surface area (Å²) in [4.78, 5) is 16.8. The number of nitrogens with zero attached hydrogens (tertiary/aromatic N) is 2. The van der Waals surface area contributed by atoms with Gasteiger partial charge in [-0.15, -0.1) is 0 Å². The number of phenols is 1. The van der Waals surface area contributed by atoms with E-state index in [2.05, 4.69) is 0 Å². The molecule has 2 aromatic carbocycles. The monoisotopic (exact) mass is 310 g/mol. The molecule has 0 radical (unpaired) electrons. The van der Waals surface area contributed by atoms with Crippen LogP contribution in [0.3, 0.4) is 0 Å². The Morgan fingerprint density at radius 2 is 1.65 bits per heavy atom. The van der Waals surface area contributed by atoms with Gasteiger partial charge in [-0.2, -0.15) is 0 Å². The van der Waals surface area contributed by atoms with Gasteiger partial charge in [-0.25, -0.2) is 0 Å². The number of benzene rings is 2. The highest BCUT2D eigenvalue weighted by atomic mass is 16.3. The summed E-state index contributed by atoms with van der Waals surface area (Å²) in [6.45, 7) is 1.69. The molecule has 1 aliphatic rings. The van der Waals surface area contributed by atoms with Crippen LogP contribution in [0.1, 0.15) is 29.6 Å². The quantitative estimate of drug-likeness (QED) is 0.938. The molecule has 1 fully saturated rings. The number of piperidine rings is 1. The first-order valence-electron chi connectivity index (χ1n) is 8.08. The van der Waals surface area contributed by atoms with E-state index in [1.807, 2.05) is 53.2 Å². The molecule has 1 heterocycles. The largest absolute Gasteiger partial charge is 0.508 e. The van der Waals surface area contributed by atoms with E-state index < -0.39 is 0 Å². The molecule has 0 bridgehead atoms. The topological polar surface area (TPSA) is 43.8 Å². The van der Waals surface area contributed by atoms with Crippen molar-refractivity contribution in [3.63, 3.8) is 0 Å². The van der Waals surface area contributed by atoms with Crippen LogP contribution in [-0.2, 0) is 0 Å². The molecule has 0 atom stereocenters. The molecule has 23 heavy (non-hydrogen) atoms. The average molecular weight is 310 g/mol. The molecule has 1 amide bonds. The second-order valence-corrected chi connectivity index (χ2v) is 5.95. The molecule has 2 aromatic rings. The second-order valence-electron chi connectivity index (χ2n) is 5.95. The Labute approximate surface area is 137 Å². The van der Waals surface area contributed by atoms with Crippen LogP contribution in [0.2, 0.25) is 0 Å². The van der Waals surface area contributed by atoms with Gasteiger partial charge in [-0.1, -0.05) is 12.1 Å². The molecule has 0 aromatic heterocycles. The molecule has 3 rings (SSSR count). The van der Waals surface area contributed by atoms with Crippen molar-refractivity contribution in [1.29, 1.82) is 0 Å². The number of hydrogen-bond donors (Lipinski definition) is 1. The van der Waals surface area contributed by atoms with Crippen LogP contribution in [-0.4, -0.2) is 36.1 Å². The number of amides is 1. The van der Waals surface area contributed by atoms with Gasteiger partial charge in [0.15, 0.2) is 0 Å². The molecule has 0 saturated carbocycles. The van der Waals surface area contributed by atoms with Crippen LogP contribution in [0.25, 0.3) is 0 Å². The molecule has 0 spiro atoms. The lowest BCUT2D eigenvalue weighted by molar-refractivity contribution is 0.0725. The Bertz CT molecular complexity index is 676. The molecule has 0 unspecified atom stereocenters. The molecule has 4 heteroatoms. The number of carbonyl (C=O) groups is 1. The molecule has 4 nitrogen and oxygen atoms in total. The van der Waals surface area contributed by atoms with Gasteiger partial charge in [-0.3, -0.25) is 4.79 Å². The van der Waals surface area contributed by atoms with E-state index in [0.29, 0.717) is 0 Å². The second kappa shape index (κ2) is 6.73. The Hall–Kier alpha value is -2.49. The minimum atomic E-state index is 0.103. The van der Waals surface area contributed by atoms with Crippen molar-refractivity contribution in [1.82, 2.24) is 4.90 Å². The fourth-order valence-corrected chi connectivity index (χ4v) is 3.03. The van der Waals surface area contributed by atoms with Crippen LogP contribution < -0.4 is 4.90 Å². The SMILES string of the molecule is CN(c1ccc(O)cc1)c1ccccc1C(=O)N1CCCCC1. The van der Waals surface area contributed by atoms with Gasteiger partial charge in [-0.05, 0) is 55.7 Å². The Kier molecular flexibility index (Phi) is 4.51. The number of rotatable bonds is 3. The molecular weight excluding hydrogens is 288 g/mol. The van der Waals surface area contributed by atoms with Gasteiger partial charge in [0.1, 0.15) is 5.75 Å². The first kappa shape index (κ1) is 15.4. The molecule has 1 aliphatic heterocycles. The van der Waals surface area contributed by atoms with Crippen molar-refractivity contribution in [2.75, 3.05) is 25.0 Å². The lowest BCUT2D eigenvalue weighted by atomic mass is 10.1. The Balaban J connectivity index is 1.90. The normalized spacial score (nSPS) is 14.6. The van der Waals surface area contributed by atoms with Gasteiger partial charge < -0.3 is 14.9 Å². The summed E-state index contributed by atoms with van der Waals surface area (Å²) in [6.07, 6.45) is 3.38. The van der Waals surface area contributed by atoms with E-state index in [1.54, 1.807) is 12.1 Å². The van der Waals surface area contributed by atoms with Crippen LogP contribution >= 0.6 is 0 Å². The van der Waals surface area contributed by atoms with E-state index in [9.17, 15) is 9.90 Å². The van der Waals surface area contributed by atoms with Gasteiger partial charge in [0, 0.05) is 25.8 Å². The maximum absolute atomic E-state index is 12.9. The number of para-hydroxylation sites is 1. The molecule has 1 N–H and O–H groups in total. The van der Waals surface area contributed by atoms with E-state index in [1.165, 1.54) is 6.42 Å². The predicted molar refractivity (Wildman–Crippen MR) is 92.4 cm³/mol. The van der Waals surface area contributed by atoms with Gasteiger partial charge in [0.25, 0.3) is 5.91 Å². The first-order chi connectivity index (χ1) is 11.2. The number of phenolic OH excluding ortho intramolecular Hbond substituents is 1. The zero-order valence-electron chi connectivity index (χ0n) is 13.4. The zero-order valence-corrected chi connectivity index (χ0v) is 13.4. The highest BCUT2D eigenvalue weighted by Gasteiger charge is 2.22. The minimum absolute atomic E-state index is 0.103. The third-order valence-electron chi connectivity index (χ3n) is 4.38. The number of hydrogen-bond acceptors (Lipinski definition) is 3. The van der Waals surface area contributed by atoms with Gasteiger partial charge in [0.05, 0.1) is 11.3 Å². The first-order valence-corrected chi connectivity index (χ1v) is 8.08. The summed E-state index contributed by atoms with van der Waals surface area (Å²) < 4.78 is 0. The third kappa shape index (κ3) is 3.31. The summed E-state index contributed by atoms with van der Waals surface area (Å²) >= 11 is 0. The fraction of sp³-hybridized carbons (Fsp3) is 0.316. The smallest absolute Gasteiger partial charge is 0.255 e. The van der Waals surface area contributed by atoms with Crippen molar-refractivity contribution in [2.45, 2.75) is 19.3 Å². The average Bonchev–Trinajstić information content (AvgIpc) is 2.62. The highest BCUT2D eigenvalue weighted by Crippen LogP contribution is 2.29. The third-order valence-corrected chi connectivity index (χ3v) is 4.38. The summed E-state index contributed by atoms with van der Waals surface area (Å²) in [5.41, 5.74) is 2.54. The summed E-state index contributed by atoms with van der Waals surface area (Å²) in [6, 6.07) is 14.7. The van der Waals surface area contributed by atoms with Crippen LogP contribution in [0.4, 0.5) is 11.4 Å². The van der Waals surface area contributed by atoms with E-state index in [-0.39, 0.29) is 11.7 Å².